The average molecular weight is 249 g/mol. The van der Waals surface area contributed by atoms with Gasteiger partial charge in [0, 0.05) is 5.92 Å². The maximum atomic E-state index is 11.5. The molecule has 3 atom stereocenters. The second-order valence-electron chi connectivity index (χ2n) is 4.55. The Morgan fingerprint density at radius 2 is 2.19 bits per heavy atom. The zero-order chi connectivity index (χ0) is 11.6. The topological polar surface area (TPSA) is 78.6 Å². The Kier molecular flexibility index (Phi) is 3.84. The molecule has 0 radical (unpaired) electrons. The van der Waals surface area contributed by atoms with Gasteiger partial charge in [0.25, 0.3) is 0 Å². The summed E-state index contributed by atoms with van der Waals surface area (Å²) in [5, 5.41) is 0. The molecular weight excluding hydrogens is 230 g/mol. The molecule has 0 aromatic rings. The molecule has 2 saturated heterocycles. The van der Waals surface area contributed by atoms with Crippen LogP contribution in [-0.2, 0) is 19.3 Å². The van der Waals surface area contributed by atoms with Crippen LogP contribution in [0.4, 0.5) is 0 Å². The van der Waals surface area contributed by atoms with Crippen LogP contribution in [0.25, 0.3) is 0 Å². The summed E-state index contributed by atoms with van der Waals surface area (Å²) in [6, 6.07) is 0. The number of sulfone groups is 1. The summed E-state index contributed by atoms with van der Waals surface area (Å²) in [5.41, 5.74) is 5.44. The fourth-order valence-corrected chi connectivity index (χ4v) is 4.08. The van der Waals surface area contributed by atoms with E-state index in [2.05, 4.69) is 0 Å². The van der Waals surface area contributed by atoms with Crippen LogP contribution in [0.3, 0.4) is 0 Å². The molecular formula is C10H19NO4S. The van der Waals surface area contributed by atoms with Gasteiger partial charge >= 0.3 is 0 Å². The van der Waals surface area contributed by atoms with E-state index in [0.717, 1.165) is 19.3 Å². The van der Waals surface area contributed by atoms with Gasteiger partial charge in [0.05, 0.1) is 24.2 Å². The Bertz CT molecular complexity index is 330. The Morgan fingerprint density at radius 1 is 1.38 bits per heavy atom. The monoisotopic (exact) mass is 249 g/mol. The summed E-state index contributed by atoms with van der Waals surface area (Å²) in [4.78, 5) is 0. The highest BCUT2D eigenvalue weighted by Gasteiger charge is 2.36. The third-order valence-electron chi connectivity index (χ3n) is 3.14. The summed E-state index contributed by atoms with van der Waals surface area (Å²) in [6.07, 6.45) is 2.07. The predicted octanol–water partition coefficient (Wildman–Crippen LogP) is -0.0985. The minimum absolute atomic E-state index is 0.00141. The minimum atomic E-state index is -2.88. The van der Waals surface area contributed by atoms with Crippen LogP contribution in [0.5, 0.6) is 0 Å². The Hall–Kier alpha value is -0.170. The molecule has 2 rings (SSSR count). The average Bonchev–Trinajstić information content (AvgIpc) is 2.65. The lowest BCUT2D eigenvalue weighted by molar-refractivity contribution is -0.0938. The molecule has 2 heterocycles. The van der Waals surface area contributed by atoms with Gasteiger partial charge < -0.3 is 15.2 Å². The van der Waals surface area contributed by atoms with Gasteiger partial charge in [-0.1, -0.05) is 0 Å². The Morgan fingerprint density at radius 3 is 2.88 bits per heavy atom. The smallest absolute Gasteiger partial charge is 0.161 e. The first-order chi connectivity index (χ1) is 7.61. The predicted molar refractivity (Wildman–Crippen MR) is 59.7 cm³/mol. The molecule has 5 nitrogen and oxygen atoms in total. The van der Waals surface area contributed by atoms with Crippen LogP contribution >= 0.6 is 0 Å². The molecule has 2 aliphatic rings. The lowest BCUT2D eigenvalue weighted by Crippen LogP contribution is -2.34. The molecule has 16 heavy (non-hydrogen) atoms. The Balaban J connectivity index is 1.89. The van der Waals surface area contributed by atoms with Crippen molar-refractivity contribution >= 4 is 9.84 Å². The fourth-order valence-electron chi connectivity index (χ4n) is 2.33. The normalized spacial score (nSPS) is 38.7. The third kappa shape index (κ3) is 2.94. The molecule has 0 aliphatic carbocycles. The van der Waals surface area contributed by atoms with E-state index in [-0.39, 0.29) is 24.1 Å². The zero-order valence-electron chi connectivity index (χ0n) is 9.30. The van der Waals surface area contributed by atoms with E-state index in [1.807, 2.05) is 0 Å². The fraction of sp³-hybridized carbons (Fsp3) is 1.00. The summed E-state index contributed by atoms with van der Waals surface area (Å²) in [7, 11) is -2.88. The SMILES string of the molecule is NCCC1COC(C2CCCS(=O)(=O)C2)O1. The molecule has 0 aromatic heterocycles. The molecule has 2 N–H and O–H groups in total. The first kappa shape index (κ1) is 12.3. The van der Waals surface area contributed by atoms with Crippen LogP contribution in [0.15, 0.2) is 0 Å². The number of hydrogen-bond acceptors (Lipinski definition) is 5. The lowest BCUT2D eigenvalue weighted by Gasteiger charge is -2.26. The maximum Gasteiger partial charge on any atom is 0.161 e. The van der Waals surface area contributed by atoms with E-state index < -0.39 is 9.84 Å². The summed E-state index contributed by atoms with van der Waals surface area (Å²) in [5.74, 6) is 0.511. The van der Waals surface area contributed by atoms with Crippen molar-refractivity contribution in [3.63, 3.8) is 0 Å². The molecule has 0 bridgehead atoms. The standard InChI is InChI=1S/C10H19NO4S/c11-4-3-9-6-14-10(15-9)8-2-1-5-16(12,13)7-8/h8-10H,1-7,11H2. The van der Waals surface area contributed by atoms with Gasteiger partial charge in [-0.2, -0.15) is 0 Å². The molecule has 0 saturated carbocycles. The van der Waals surface area contributed by atoms with Crippen LogP contribution in [-0.4, -0.2) is 45.5 Å². The largest absolute Gasteiger partial charge is 0.350 e. The molecule has 0 amide bonds. The van der Waals surface area contributed by atoms with Crippen molar-refractivity contribution in [1.82, 2.24) is 0 Å². The van der Waals surface area contributed by atoms with Crippen LogP contribution in [0, 0.1) is 5.92 Å². The molecule has 94 valence electrons. The first-order valence-electron chi connectivity index (χ1n) is 5.78. The van der Waals surface area contributed by atoms with Gasteiger partial charge in [-0.25, -0.2) is 8.42 Å². The van der Waals surface area contributed by atoms with Crippen LogP contribution in [0.1, 0.15) is 19.3 Å². The van der Waals surface area contributed by atoms with E-state index >= 15 is 0 Å². The van der Waals surface area contributed by atoms with Gasteiger partial charge in [-0.3, -0.25) is 0 Å². The van der Waals surface area contributed by atoms with Crippen molar-refractivity contribution in [3.8, 4) is 0 Å². The van der Waals surface area contributed by atoms with Crippen molar-refractivity contribution in [3.05, 3.63) is 0 Å². The molecule has 2 fully saturated rings. The summed E-state index contributed by atoms with van der Waals surface area (Å²) >= 11 is 0. The van der Waals surface area contributed by atoms with Gasteiger partial charge in [-0.15, -0.1) is 0 Å². The summed E-state index contributed by atoms with van der Waals surface area (Å²) < 4.78 is 34.2. The zero-order valence-corrected chi connectivity index (χ0v) is 10.1. The molecule has 0 spiro atoms. The van der Waals surface area contributed by atoms with Crippen molar-refractivity contribution < 1.29 is 17.9 Å². The lowest BCUT2D eigenvalue weighted by atomic mass is 10.1. The molecule has 6 heteroatoms. The van der Waals surface area contributed by atoms with E-state index in [9.17, 15) is 8.42 Å². The van der Waals surface area contributed by atoms with Crippen LogP contribution in [0.2, 0.25) is 0 Å². The number of nitrogens with two attached hydrogens (primary N) is 1. The van der Waals surface area contributed by atoms with Crippen molar-refractivity contribution in [2.45, 2.75) is 31.7 Å². The van der Waals surface area contributed by atoms with Crippen molar-refractivity contribution in [1.29, 1.82) is 0 Å². The maximum absolute atomic E-state index is 11.5. The first-order valence-corrected chi connectivity index (χ1v) is 7.60. The van der Waals surface area contributed by atoms with E-state index in [0.29, 0.717) is 18.9 Å². The number of ether oxygens (including phenoxy) is 2. The third-order valence-corrected chi connectivity index (χ3v) is 4.99. The minimum Gasteiger partial charge on any atom is -0.350 e. The summed E-state index contributed by atoms with van der Waals surface area (Å²) in [6.45, 7) is 1.11. The quantitative estimate of drug-likeness (QED) is 0.755. The second-order valence-corrected chi connectivity index (χ2v) is 6.78. The van der Waals surface area contributed by atoms with Gasteiger partial charge in [-0.05, 0) is 25.8 Å². The Labute approximate surface area is 96.2 Å². The molecule has 0 aromatic carbocycles. The second kappa shape index (κ2) is 5.00. The van der Waals surface area contributed by atoms with Crippen molar-refractivity contribution in [2.75, 3.05) is 24.7 Å². The molecule has 3 unspecified atom stereocenters. The van der Waals surface area contributed by atoms with E-state index in [4.69, 9.17) is 15.2 Å². The van der Waals surface area contributed by atoms with E-state index in [1.54, 1.807) is 0 Å². The highest BCUT2D eigenvalue weighted by atomic mass is 32.2. The van der Waals surface area contributed by atoms with E-state index in [1.165, 1.54) is 0 Å². The highest BCUT2D eigenvalue weighted by Crippen LogP contribution is 2.28. The van der Waals surface area contributed by atoms with Crippen molar-refractivity contribution in [2.24, 2.45) is 11.7 Å². The van der Waals surface area contributed by atoms with Crippen LogP contribution < -0.4 is 5.73 Å². The molecule has 2 aliphatic heterocycles. The highest BCUT2D eigenvalue weighted by molar-refractivity contribution is 7.91. The number of rotatable bonds is 3. The van der Waals surface area contributed by atoms with Gasteiger partial charge in [0.15, 0.2) is 16.1 Å². The number of hydrogen-bond donors (Lipinski definition) is 1. The van der Waals surface area contributed by atoms with Gasteiger partial charge in [0.2, 0.25) is 0 Å². The van der Waals surface area contributed by atoms with Gasteiger partial charge in [0.1, 0.15) is 0 Å².